The number of H-pyrrole nitrogens is 1. The van der Waals surface area contributed by atoms with Gasteiger partial charge < -0.3 is 9.88 Å². The van der Waals surface area contributed by atoms with Crippen LogP contribution in [-0.2, 0) is 14.1 Å². The van der Waals surface area contributed by atoms with Crippen molar-refractivity contribution >= 4 is 28.4 Å². The predicted molar refractivity (Wildman–Crippen MR) is 104 cm³/mol. The maximum absolute atomic E-state index is 12.7. The van der Waals surface area contributed by atoms with Crippen LogP contribution in [0, 0.1) is 6.92 Å². The number of fused-ring (bicyclic) bond motifs is 1. The van der Waals surface area contributed by atoms with Crippen molar-refractivity contribution < 1.29 is 4.79 Å². The number of imidazole rings is 1. The monoisotopic (exact) mass is 387 g/mol. The summed E-state index contributed by atoms with van der Waals surface area (Å²) >= 11 is 1.48. The first-order valence-corrected chi connectivity index (χ1v) is 9.75. The molecule has 0 bridgehead atoms. The molecular formula is C18H21N5O3S. The molecule has 0 aromatic carbocycles. The lowest BCUT2D eigenvalue weighted by molar-refractivity contribution is 0.0715. The molecule has 1 amide bonds. The Morgan fingerprint density at radius 1 is 1.22 bits per heavy atom. The van der Waals surface area contributed by atoms with E-state index in [9.17, 15) is 14.4 Å². The minimum atomic E-state index is -0.391. The number of thiophene rings is 1. The van der Waals surface area contributed by atoms with Gasteiger partial charge in [0, 0.05) is 33.1 Å². The number of aryl methyl sites for hydroxylation is 2. The predicted octanol–water partition coefficient (Wildman–Crippen LogP) is 1.35. The lowest BCUT2D eigenvalue weighted by Crippen LogP contribution is -2.38. The highest BCUT2D eigenvalue weighted by Gasteiger charge is 2.28. The number of likely N-dealkylation sites (tertiary alicyclic amines) is 1. The van der Waals surface area contributed by atoms with Gasteiger partial charge in [0.15, 0.2) is 5.65 Å². The second kappa shape index (κ2) is 6.49. The quantitative estimate of drug-likeness (QED) is 0.718. The number of rotatable bonds is 2. The van der Waals surface area contributed by atoms with Gasteiger partial charge in [-0.2, -0.15) is 0 Å². The Morgan fingerprint density at radius 3 is 2.56 bits per heavy atom. The molecule has 1 aliphatic heterocycles. The van der Waals surface area contributed by atoms with Gasteiger partial charge in [-0.1, -0.05) is 0 Å². The molecule has 0 aliphatic carbocycles. The minimum absolute atomic E-state index is 0.0850. The van der Waals surface area contributed by atoms with Crippen molar-refractivity contribution in [1.82, 2.24) is 24.0 Å². The van der Waals surface area contributed by atoms with E-state index in [0.29, 0.717) is 30.1 Å². The normalized spacial score (nSPS) is 15.6. The number of aromatic nitrogens is 4. The van der Waals surface area contributed by atoms with E-state index < -0.39 is 5.69 Å². The highest BCUT2D eigenvalue weighted by molar-refractivity contribution is 7.12. The van der Waals surface area contributed by atoms with Crippen molar-refractivity contribution in [3.63, 3.8) is 0 Å². The Hall–Kier alpha value is -2.68. The van der Waals surface area contributed by atoms with Crippen molar-refractivity contribution in [2.24, 2.45) is 14.1 Å². The van der Waals surface area contributed by atoms with Crippen LogP contribution in [-0.4, -0.2) is 43.0 Å². The summed E-state index contributed by atoms with van der Waals surface area (Å²) < 4.78 is 2.46. The van der Waals surface area contributed by atoms with E-state index in [-0.39, 0.29) is 17.4 Å². The Labute approximate surface area is 159 Å². The van der Waals surface area contributed by atoms with Crippen molar-refractivity contribution in [2.75, 3.05) is 13.1 Å². The van der Waals surface area contributed by atoms with Gasteiger partial charge in [-0.05, 0) is 36.8 Å². The Kier molecular flexibility index (Phi) is 4.26. The molecule has 0 atom stereocenters. The lowest BCUT2D eigenvalue weighted by atomic mass is 9.96. The fourth-order valence-corrected chi connectivity index (χ4v) is 4.52. The molecule has 0 saturated carbocycles. The summed E-state index contributed by atoms with van der Waals surface area (Å²) in [6, 6.07) is 1.96. The summed E-state index contributed by atoms with van der Waals surface area (Å²) in [5.41, 5.74) is 0.985. The molecular weight excluding hydrogens is 366 g/mol. The number of hydrogen-bond acceptors (Lipinski definition) is 5. The zero-order valence-corrected chi connectivity index (χ0v) is 16.3. The van der Waals surface area contributed by atoms with E-state index in [0.717, 1.165) is 27.8 Å². The van der Waals surface area contributed by atoms with E-state index >= 15 is 0 Å². The SMILES string of the molecule is Cc1ccsc1C(=O)N1CCC(c2nc3c([nH]2)c(=O)n(C)c(=O)n3C)CC1. The summed E-state index contributed by atoms with van der Waals surface area (Å²) in [6.07, 6.45) is 1.54. The molecule has 9 heteroatoms. The third-order valence-corrected chi connectivity index (χ3v) is 6.34. The van der Waals surface area contributed by atoms with Gasteiger partial charge in [-0.25, -0.2) is 9.78 Å². The number of hydrogen-bond donors (Lipinski definition) is 1. The number of nitrogens with one attached hydrogen (secondary N) is 1. The average molecular weight is 387 g/mol. The van der Waals surface area contributed by atoms with Gasteiger partial charge >= 0.3 is 5.69 Å². The molecule has 8 nitrogen and oxygen atoms in total. The highest BCUT2D eigenvalue weighted by atomic mass is 32.1. The molecule has 27 heavy (non-hydrogen) atoms. The zero-order valence-electron chi connectivity index (χ0n) is 15.5. The first-order chi connectivity index (χ1) is 12.9. The molecule has 1 N–H and O–H groups in total. The van der Waals surface area contributed by atoms with Crippen LogP contribution in [0.25, 0.3) is 11.2 Å². The maximum atomic E-state index is 12.7. The maximum Gasteiger partial charge on any atom is 0.332 e. The minimum Gasteiger partial charge on any atom is -0.338 e. The van der Waals surface area contributed by atoms with Crippen LogP contribution in [0.3, 0.4) is 0 Å². The third kappa shape index (κ3) is 2.82. The molecule has 1 aliphatic rings. The molecule has 3 aromatic heterocycles. The van der Waals surface area contributed by atoms with Crippen LogP contribution in [0.1, 0.15) is 39.8 Å². The van der Waals surface area contributed by atoms with Gasteiger partial charge in [0.1, 0.15) is 11.3 Å². The average Bonchev–Trinajstić information content (AvgIpc) is 3.31. The number of piperidine rings is 1. The first-order valence-electron chi connectivity index (χ1n) is 8.87. The van der Waals surface area contributed by atoms with Crippen LogP contribution in [0.4, 0.5) is 0 Å². The number of aromatic amines is 1. The molecule has 0 radical (unpaired) electrons. The zero-order chi connectivity index (χ0) is 19.3. The first kappa shape index (κ1) is 17.7. The summed E-state index contributed by atoms with van der Waals surface area (Å²) in [6.45, 7) is 3.25. The van der Waals surface area contributed by atoms with Crippen molar-refractivity contribution in [1.29, 1.82) is 0 Å². The van der Waals surface area contributed by atoms with Gasteiger partial charge in [0.25, 0.3) is 11.5 Å². The Morgan fingerprint density at radius 2 is 1.93 bits per heavy atom. The fraction of sp³-hybridized carbons (Fsp3) is 0.444. The van der Waals surface area contributed by atoms with Gasteiger partial charge in [-0.3, -0.25) is 18.7 Å². The largest absolute Gasteiger partial charge is 0.338 e. The smallest absolute Gasteiger partial charge is 0.332 e. The van der Waals surface area contributed by atoms with Crippen molar-refractivity contribution in [3.05, 3.63) is 48.5 Å². The van der Waals surface area contributed by atoms with Crippen molar-refractivity contribution in [2.45, 2.75) is 25.7 Å². The van der Waals surface area contributed by atoms with Crippen molar-refractivity contribution in [3.8, 4) is 0 Å². The molecule has 0 unspecified atom stereocenters. The standard InChI is InChI=1S/C18H21N5O3S/c1-10-6-9-27-13(10)17(25)23-7-4-11(5-8-23)14-19-12-15(20-14)21(2)18(26)22(3)16(12)24/h6,9,11H,4-5,7-8H2,1-3H3,(H,19,20). The second-order valence-corrected chi connectivity index (χ2v) is 7.94. The van der Waals surface area contributed by atoms with E-state index in [1.807, 2.05) is 23.3 Å². The summed E-state index contributed by atoms with van der Waals surface area (Å²) in [5, 5.41) is 1.94. The number of amides is 1. The van der Waals surface area contributed by atoms with E-state index in [1.54, 1.807) is 7.05 Å². The molecule has 142 valence electrons. The van der Waals surface area contributed by atoms with Gasteiger partial charge in [0.05, 0.1) is 4.88 Å². The topological polar surface area (TPSA) is 93.0 Å². The Balaban J connectivity index is 1.57. The molecule has 3 aromatic rings. The summed E-state index contributed by atoms with van der Waals surface area (Å²) in [5.74, 6) is 0.926. The molecule has 4 heterocycles. The highest BCUT2D eigenvalue weighted by Crippen LogP contribution is 2.28. The summed E-state index contributed by atoms with van der Waals surface area (Å²) in [4.78, 5) is 47.4. The van der Waals surface area contributed by atoms with Crippen LogP contribution < -0.4 is 11.2 Å². The fourth-order valence-electron chi connectivity index (χ4n) is 3.63. The van der Waals surface area contributed by atoms with Crippen LogP contribution in [0.15, 0.2) is 21.0 Å². The van der Waals surface area contributed by atoms with Gasteiger partial charge in [0.2, 0.25) is 0 Å². The number of carbonyl (C=O) groups is 1. The Bertz CT molecular complexity index is 1140. The van der Waals surface area contributed by atoms with Crippen LogP contribution >= 0.6 is 11.3 Å². The van der Waals surface area contributed by atoms with E-state index in [1.165, 1.54) is 23.0 Å². The van der Waals surface area contributed by atoms with Crippen LogP contribution in [0.5, 0.6) is 0 Å². The lowest BCUT2D eigenvalue weighted by Gasteiger charge is -2.31. The molecule has 0 spiro atoms. The molecule has 1 fully saturated rings. The van der Waals surface area contributed by atoms with Crippen LogP contribution in [0.2, 0.25) is 0 Å². The molecule has 1 saturated heterocycles. The van der Waals surface area contributed by atoms with E-state index in [4.69, 9.17) is 0 Å². The number of carbonyl (C=O) groups excluding carboxylic acids is 1. The molecule has 4 rings (SSSR count). The number of nitrogens with zero attached hydrogens (tertiary/aromatic N) is 4. The van der Waals surface area contributed by atoms with E-state index in [2.05, 4.69) is 9.97 Å². The third-order valence-electron chi connectivity index (χ3n) is 5.34. The summed E-state index contributed by atoms with van der Waals surface area (Å²) in [7, 11) is 3.07. The second-order valence-electron chi connectivity index (χ2n) is 7.03. The van der Waals surface area contributed by atoms with Gasteiger partial charge in [-0.15, -0.1) is 11.3 Å².